The highest BCUT2D eigenvalue weighted by atomic mass is 16.3. The number of carbonyl (C=O) groups excluding carboxylic acids is 1. The van der Waals surface area contributed by atoms with Crippen LogP contribution in [0.1, 0.15) is 23.8 Å². The van der Waals surface area contributed by atoms with E-state index >= 15 is 0 Å². The van der Waals surface area contributed by atoms with Gasteiger partial charge in [0.15, 0.2) is 0 Å². The Morgan fingerprint density at radius 3 is 2.71 bits per heavy atom. The van der Waals surface area contributed by atoms with Crippen LogP contribution in [0.3, 0.4) is 0 Å². The third-order valence-electron chi connectivity index (χ3n) is 4.52. The van der Waals surface area contributed by atoms with Crippen LogP contribution in [-0.2, 0) is 0 Å². The summed E-state index contributed by atoms with van der Waals surface area (Å²) < 4.78 is 1.78. The van der Waals surface area contributed by atoms with E-state index in [-0.39, 0.29) is 18.6 Å². The van der Waals surface area contributed by atoms with Gasteiger partial charge in [-0.2, -0.15) is 0 Å². The van der Waals surface area contributed by atoms with Crippen LogP contribution in [0.25, 0.3) is 5.82 Å². The molecule has 7 heteroatoms. The van der Waals surface area contributed by atoms with E-state index in [1.807, 2.05) is 17.0 Å². The molecule has 0 saturated carbocycles. The summed E-state index contributed by atoms with van der Waals surface area (Å²) in [7, 11) is 0. The lowest BCUT2D eigenvalue weighted by Crippen LogP contribution is -2.52. The van der Waals surface area contributed by atoms with Crippen molar-refractivity contribution >= 4 is 5.91 Å². The highest BCUT2D eigenvalue weighted by molar-refractivity contribution is 5.92. The maximum absolute atomic E-state index is 12.7. The summed E-state index contributed by atoms with van der Waals surface area (Å²) in [5, 5.41) is 9.41. The number of hydrogen-bond donors (Lipinski definition) is 1. The topological polar surface area (TPSA) is 74.5 Å². The number of pyridine rings is 1. The third kappa shape index (κ3) is 3.47. The summed E-state index contributed by atoms with van der Waals surface area (Å²) in [5.41, 5.74) is 0.448. The summed E-state index contributed by atoms with van der Waals surface area (Å²) in [4.78, 5) is 25.3. The van der Waals surface area contributed by atoms with Crippen molar-refractivity contribution in [2.75, 3.05) is 32.8 Å². The zero-order chi connectivity index (χ0) is 16.9. The van der Waals surface area contributed by atoms with Crippen LogP contribution in [0.4, 0.5) is 0 Å². The van der Waals surface area contributed by atoms with Crippen LogP contribution in [0.5, 0.6) is 0 Å². The molecule has 0 spiro atoms. The van der Waals surface area contributed by atoms with E-state index in [1.54, 1.807) is 29.4 Å². The Labute approximate surface area is 141 Å². The molecule has 2 aromatic heterocycles. The van der Waals surface area contributed by atoms with Gasteiger partial charge < -0.3 is 10.0 Å². The van der Waals surface area contributed by atoms with Gasteiger partial charge in [0.25, 0.3) is 5.91 Å². The summed E-state index contributed by atoms with van der Waals surface area (Å²) in [6, 6.07) is 5.62. The SMILES string of the molecule is CCC(CO)N1CCN(C(=O)c2cccc(-n3ccnc3)n2)CC1. The van der Waals surface area contributed by atoms with Crippen molar-refractivity contribution in [1.29, 1.82) is 0 Å². The molecule has 3 rings (SSSR count). The maximum atomic E-state index is 12.7. The highest BCUT2D eigenvalue weighted by Gasteiger charge is 2.26. The van der Waals surface area contributed by atoms with Gasteiger partial charge in [-0.25, -0.2) is 9.97 Å². The summed E-state index contributed by atoms with van der Waals surface area (Å²) in [5.74, 6) is 0.636. The van der Waals surface area contributed by atoms with Crippen molar-refractivity contribution in [1.82, 2.24) is 24.3 Å². The van der Waals surface area contributed by atoms with Crippen LogP contribution in [0, 0.1) is 0 Å². The van der Waals surface area contributed by atoms with Crippen LogP contribution in [0.15, 0.2) is 36.9 Å². The molecule has 0 bridgehead atoms. The Hall–Kier alpha value is -2.25. The Morgan fingerprint density at radius 2 is 2.08 bits per heavy atom. The van der Waals surface area contributed by atoms with Crippen molar-refractivity contribution in [3.63, 3.8) is 0 Å². The normalized spacial score (nSPS) is 17.0. The number of carbonyl (C=O) groups is 1. The molecule has 0 aromatic carbocycles. The van der Waals surface area contributed by atoms with Gasteiger partial charge in [-0.05, 0) is 18.6 Å². The van der Waals surface area contributed by atoms with E-state index in [9.17, 15) is 9.90 Å². The van der Waals surface area contributed by atoms with Gasteiger partial charge in [0, 0.05) is 44.6 Å². The molecule has 128 valence electrons. The fourth-order valence-electron chi connectivity index (χ4n) is 3.04. The first-order valence-corrected chi connectivity index (χ1v) is 8.32. The number of nitrogens with zero attached hydrogens (tertiary/aromatic N) is 5. The lowest BCUT2D eigenvalue weighted by molar-refractivity contribution is 0.0468. The number of imidazole rings is 1. The third-order valence-corrected chi connectivity index (χ3v) is 4.52. The van der Waals surface area contributed by atoms with Crippen LogP contribution < -0.4 is 0 Å². The van der Waals surface area contributed by atoms with E-state index in [2.05, 4.69) is 21.8 Å². The first kappa shape index (κ1) is 16.6. The number of hydrogen-bond acceptors (Lipinski definition) is 5. The number of aliphatic hydroxyl groups is 1. The van der Waals surface area contributed by atoms with Crippen molar-refractivity contribution in [2.24, 2.45) is 0 Å². The zero-order valence-electron chi connectivity index (χ0n) is 13.9. The molecule has 0 radical (unpaired) electrons. The van der Waals surface area contributed by atoms with Crippen LogP contribution in [-0.4, -0.2) is 74.2 Å². The van der Waals surface area contributed by atoms with Crippen molar-refractivity contribution in [3.8, 4) is 5.82 Å². The number of aliphatic hydroxyl groups excluding tert-OH is 1. The summed E-state index contributed by atoms with van der Waals surface area (Å²) >= 11 is 0. The smallest absolute Gasteiger partial charge is 0.272 e. The Morgan fingerprint density at radius 1 is 1.29 bits per heavy atom. The second-order valence-electron chi connectivity index (χ2n) is 5.92. The number of amides is 1. The molecule has 1 N–H and O–H groups in total. The zero-order valence-corrected chi connectivity index (χ0v) is 13.9. The molecule has 3 heterocycles. The molecular weight excluding hydrogens is 306 g/mol. The van der Waals surface area contributed by atoms with Crippen LogP contribution in [0.2, 0.25) is 0 Å². The lowest BCUT2D eigenvalue weighted by Gasteiger charge is -2.38. The Balaban J connectivity index is 1.67. The van der Waals surface area contributed by atoms with Gasteiger partial charge in [-0.3, -0.25) is 14.3 Å². The van der Waals surface area contributed by atoms with Gasteiger partial charge in [-0.1, -0.05) is 13.0 Å². The van der Waals surface area contributed by atoms with Crippen molar-refractivity contribution in [3.05, 3.63) is 42.6 Å². The minimum Gasteiger partial charge on any atom is -0.395 e. The molecule has 1 atom stereocenters. The predicted molar refractivity (Wildman–Crippen MR) is 90.0 cm³/mol. The van der Waals surface area contributed by atoms with E-state index < -0.39 is 0 Å². The first-order chi connectivity index (χ1) is 11.7. The minimum absolute atomic E-state index is 0.0475. The fourth-order valence-corrected chi connectivity index (χ4v) is 3.04. The van der Waals surface area contributed by atoms with Gasteiger partial charge in [0.1, 0.15) is 17.8 Å². The summed E-state index contributed by atoms with van der Waals surface area (Å²) in [6.07, 6.45) is 6.06. The fraction of sp³-hybridized carbons (Fsp3) is 0.471. The molecule has 7 nitrogen and oxygen atoms in total. The monoisotopic (exact) mass is 329 g/mol. The minimum atomic E-state index is -0.0475. The molecule has 1 aliphatic heterocycles. The Bertz CT molecular complexity index is 661. The number of rotatable bonds is 5. The van der Waals surface area contributed by atoms with Gasteiger partial charge in [-0.15, -0.1) is 0 Å². The highest BCUT2D eigenvalue weighted by Crippen LogP contribution is 2.13. The first-order valence-electron chi connectivity index (χ1n) is 8.32. The van der Waals surface area contributed by atoms with Gasteiger partial charge in [0.05, 0.1) is 6.61 Å². The molecule has 1 unspecified atom stereocenters. The standard InChI is InChI=1S/C17H23N5O2/c1-2-14(12-23)20-8-10-21(11-9-20)17(24)15-4-3-5-16(19-15)22-7-6-18-13-22/h3-7,13-14,23H,2,8-12H2,1H3. The van der Waals surface area contributed by atoms with E-state index in [1.165, 1.54) is 0 Å². The average Bonchev–Trinajstić information content (AvgIpc) is 3.18. The molecule has 0 aliphatic carbocycles. The van der Waals surface area contributed by atoms with Gasteiger partial charge >= 0.3 is 0 Å². The number of piperazine rings is 1. The molecule has 1 aliphatic rings. The van der Waals surface area contributed by atoms with Crippen molar-refractivity contribution in [2.45, 2.75) is 19.4 Å². The maximum Gasteiger partial charge on any atom is 0.272 e. The predicted octanol–water partition coefficient (Wildman–Crippen LogP) is 0.796. The average molecular weight is 329 g/mol. The van der Waals surface area contributed by atoms with Crippen molar-refractivity contribution < 1.29 is 9.90 Å². The lowest BCUT2D eigenvalue weighted by atomic mass is 10.1. The number of aromatic nitrogens is 3. The molecule has 1 amide bonds. The van der Waals surface area contributed by atoms with Crippen LogP contribution >= 0.6 is 0 Å². The molecule has 2 aromatic rings. The largest absolute Gasteiger partial charge is 0.395 e. The second kappa shape index (κ2) is 7.55. The van der Waals surface area contributed by atoms with E-state index in [0.717, 1.165) is 19.5 Å². The molecular formula is C17H23N5O2. The van der Waals surface area contributed by atoms with E-state index in [0.29, 0.717) is 24.6 Å². The Kier molecular flexibility index (Phi) is 5.22. The molecule has 1 fully saturated rings. The summed E-state index contributed by atoms with van der Waals surface area (Å²) in [6.45, 7) is 5.12. The van der Waals surface area contributed by atoms with Gasteiger partial charge in [0.2, 0.25) is 0 Å². The van der Waals surface area contributed by atoms with E-state index in [4.69, 9.17) is 0 Å². The quantitative estimate of drug-likeness (QED) is 0.878. The molecule has 1 saturated heterocycles. The molecule has 24 heavy (non-hydrogen) atoms. The second-order valence-corrected chi connectivity index (χ2v) is 5.92.